The van der Waals surface area contributed by atoms with Gasteiger partial charge in [0.1, 0.15) is 5.82 Å². The fourth-order valence-corrected chi connectivity index (χ4v) is 1.53. The molecule has 2 aliphatic heterocycles. The molecule has 5 nitrogen and oxygen atoms in total. The van der Waals surface area contributed by atoms with Crippen LogP contribution in [0.3, 0.4) is 0 Å². The summed E-state index contributed by atoms with van der Waals surface area (Å²) in [5.74, 6) is -0.667. The van der Waals surface area contributed by atoms with Crippen LogP contribution in [0.15, 0.2) is 12.4 Å². The Morgan fingerprint density at radius 1 is 1.60 bits per heavy atom. The standard InChI is InChI=1S/C10H8N2O3/c1-5-2-11-9-8(7(5)4-13)6(3-12-9)10(14)15/h2-4H,1H3,(H,11,12)(H,14,15). The molecule has 15 heavy (non-hydrogen) atoms. The van der Waals surface area contributed by atoms with E-state index in [9.17, 15) is 9.59 Å². The van der Waals surface area contributed by atoms with Crippen molar-refractivity contribution in [2.45, 2.75) is 6.92 Å². The highest BCUT2D eigenvalue weighted by atomic mass is 16.4. The van der Waals surface area contributed by atoms with Crippen molar-refractivity contribution in [3.05, 3.63) is 29.1 Å². The number of pyridine rings is 1. The van der Waals surface area contributed by atoms with Gasteiger partial charge in [-0.3, -0.25) is 4.79 Å². The van der Waals surface area contributed by atoms with Crippen LogP contribution >= 0.6 is 0 Å². The summed E-state index contributed by atoms with van der Waals surface area (Å²) in [5, 5.41) is 8.91. The Morgan fingerprint density at radius 2 is 2.33 bits per heavy atom. The monoisotopic (exact) mass is 204 g/mol. The number of hydrogen-bond donors (Lipinski definition) is 2. The number of aromatic amines is 1. The fraction of sp³-hybridized carbons (Fsp3) is 0.100. The fourth-order valence-electron chi connectivity index (χ4n) is 1.53. The van der Waals surface area contributed by atoms with Gasteiger partial charge in [0.25, 0.3) is 0 Å². The molecule has 0 saturated carbocycles. The third kappa shape index (κ3) is 1.28. The SMILES string of the molecule is Cc1c[nH]c2ncc(C(=O)O)c-2c1C=O. The molecule has 76 valence electrons. The van der Waals surface area contributed by atoms with E-state index >= 15 is 0 Å². The van der Waals surface area contributed by atoms with E-state index in [1.807, 2.05) is 0 Å². The predicted molar refractivity (Wildman–Crippen MR) is 52.3 cm³/mol. The molecule has 0 aromatic heterocycles. The first-order chi connectivity index (χ1) is 7.15. The highest BCUT2D eigenvalue weighted by Gasteiger charge is 2.21. The molecule has 2 N–H and O–H groups in total. The van der Waals surface area contributed by atoms with Crippen molar-refractivity contribution in [3.63, 3.8) is 0 Å². The molecule has 0 atom stereocenters. The Balaban J connectivity index is 2.84. The number of fused-ring (bicyclic) bond motifs is 1. The van der Waals surface area contributed by atoms with Crippen molar-refractivity contribution in [1.29, 1.82) is 0 Å². The molecule has 0 amide bonds. The van der Waals surface area contributed by atoms with Gasteiger partial charge in [0.05, 0.1) is 5.56 Å². The predicted octanol–water partition coefficient (Wildman–Crippen LogP) is 1.33. The van der Waals surface area contributed by atoms with Crippen LogP contribution in [0, 0.1) is 6.92 Å². The summed E-state index contributed by atoms with van der Waals surface area (Å²) in [6.07, 6.45) is 3.53. The van der Waals surface area contributed by atoms with E-state index in [1.54, 1.807) is 13.1 Å². The van der Waals surface area contributed by atoms with Gasteiger partial charge in [-0.1, -0.05) is 0 Å². The molecule has 0 bridgehead atoms. The van der Waals surface area contributed by atoms with Gasteiger partial charge in [-0.25, -0.2) is 9.78 Å². The topological polar surface area (TPSA) is 83.1 Å². The van der Waals surface area contributed by atoms with E-state index in [-0.39, 0.29) is 5.56 Å². The molecule has 0 aliphatic carbocycles. The molecular weight excluding hydrogens is 196 g/mol. The van der Waals surface area contributed by atoms with Crippen LogP contribution in [-0.2, 0) is 0 Å². The lowest BCUT2D eigenvalue weighted by molar-refractivity contribution is 0.0698. The smallest absolute Gasteiger partial charge is 0.338 e. The second-order valence-electron chi connectivity index (χ2n) is 3.20. The number of aromatic carboxylic acids is 1. The number of carboxylic acid groups (broad SMARTS) is 1. The number of aromatic nitrogens is 2. The minimum atomic E-state index is -1.08. The molecule has 0 unspecified atom stereocenters. The zero-order valence-corrected chi connectivity index (χ0v) is 7.94. The first kappa shape index (κ1) is 9.39. The van der Waals surface area contributed by atoms with Crippen LogP contribution in [0.25, 0.3) is 11.4 Å². The van der Waals surface area contributed by atoms with Gasteiger partial charge >= 0.3 is 5.97 Å². The highest BCUT2D eigenvalue weighted by molar-refractivity contribution is 6.01. The van der Waals surface area contributed by atoms with Gasteiger partial charge in [0.2, 0.25) is 0 Å². The zero-order valence-electron chi connectivity index (χ0n) is 7.94. The van der Waals surface area contributed by atoms with Crippen LogP contribution in [0.2, 0.25) is 0 Å². The number of rotatable bonds is 2. The Bertz CT molecular complexity index is 516. The molecule has 0 saturated heterocycles. The Kier molecular flexibility index (Phi) is 2.00. The summed E-state index contributed by atoms with van der Waals surface area (Å²) in [6, 6.07) is 0. The lowest BCUT2D eigenvalue weighted by atomic mass is 10.0. The molecule has 0 radical (unpaired) electrons. The summed E-state index contributed by atoms with van der Waals surface area (Å²) in [7, 11) is 0. The second kappa shape index (κ2) is 3.20. The highest BCUT2D eigenvalue weighted by Crippen LogP contribution is 2.28. The second-order valence-corrected chi connectivity index (χ2v) is 3.20. The molecule has 0 aromatic carbocycles. The first-order valence-corrected chi connectivity index (χ1v) is 4.30. The number of aryl methyl sites for hydroxylation is 1. The molecule has 0 spiro atoms. The van der Waals surface area contributed by atoms with Crippen molar-refractivity contribution < 1.29 is 14.7 Å². The van der Waals surface area contributed by atoms with Gasteiger partial charge in [-0.05, 0) is 12.5 Å². The quantitative estimate of drug-likeness (QED) is 0.723. The summed E-state index contributed by atoms with van der Waals surface area (Å²) in [5.41, 5.74) is 1.50. The number of nitrogens with one attached hydrogen (secondary N) is 1. The van der Waals surface area contributed by atoms with Crippen molar-refractivity contribution in [2.75, 3.05) is 0 Å². The minimum absolute atomic E-state index is 0.0482. The minimum Gasteiger partial charge on any atom is -0.478 e. The van der Waals surface area contributed by atoms with Crippen molar-refractivity contribution >= 4 is 12.3 Å². The van der Waals surface area contributed by atoms with Crippen LogP contribution in [0.1, 0.15) is 26.3 Å². The Hall–Kier alpha value is -2.17. The van der Waals surface area contributed by atoms with Crippen LogP contribution in [-0.4, -0.2) is 27.3 Å². The average molecular weight is 204 g/mol. The average Bonchev–Trinajstić information content (AvgIpc) is 2.61. The largest absolute Gasteiger partial charge is 0.478 e. The zero-order chi connectivity index (χ0) is 11.0. The maximum Gasteiger partial charge on any atom is 0.338 e. The molecule has 2 rings (SSSR count). The third-order valence-corrected chi connectivity index (χ3v) is 2.30. The lowest BCUT2D eigenvalue weighted by Gasteiger charge is -2.06. The Labute approximate surface area is 85.1 Å². The van der Waals surface area contributed by atoms with Gasteiger partial charge in [-0.15, -0.1) is 0 Å². The summed E-state index contributed by atoms with van der Waals surface area (Å²) < 4.78 is 0. The number of H-pyrrole nitrogens is 1. The van der Waals surface area contributed by atoms with Crippen LogP contribution in [0.4, 0.5) is 0 Å². The van der Waals surface area contributed by atoms with E-state index in [1.165, 1.54) is 6.20 Å². The third-order valence-electron chi connectivity index (χ3n) is 2.30. The number of hydrogen-bond acceptors (Lipinski definition) is 3. The van der Waals surface area contributed by atoms with Crippen molar-refractivity contribution in [3.8, 4) is 11.4 Å². The van der Waals surface area contributed by atoms with Gasteiger partial charge in [0.15, 0.2) is 6.29 Å². The van der Waals surface area contributed by atoms with Gasteiger partial charge < -0.3 is 10.1 Å². The maximum atomic E-state index is 10.9. The number of carbonyl (C=O) groups is 2. The maximum absolute atomic E-state index is 10.9. The van der Waals surface area contributed by atoms with Gasteiger partial charge in [0, 0.05) is 23.5 Å². The van der Waals surface area contributed by atoms with Crippen LogP contribution < -0.4 is 0 Å². The molecule has 0 fully saturated rings. The van der Waals surface area contributed by atoms with E-state index in [0.29, 0.717) is 28.8 Å². The van der Waals surface area contributed by atoms with Crippen molar-refractivity contribution in [2.24, 2.45) is 0 Å². The summed E-state index contributed by atoms with van der Waals surface area (Å²) in [6.45, 7) is 1.73. The van der Waals surface area contributed by atoms with E-state index in [0.717, 1.165) is 0 Å². The molecular formula is C10H8N2O3. The molecule has 5 heteroatoms. The summed E-state index contributed by atoms with van der Waals surface area (Å²) >= 11 is 0. The van der Waals surface area contributed by atoms with Crippen molar-refractivity contribution in [1.82, 2.24) is 9.97 Å². The molecule has 2 aliphatic rings. The van der Waals surface area contributed by atoms with E-state index in [2.05, 4.69) is 9.97 Å². The number of carbonyl (C=O) groups excluding carboxylic acids is 1. The Morgan fingerprint density at radius 3 is 2.93 bits per heavy atom. The van der Waals surface area contributed by atoms with E-state index in [4.69, 9.17) is 5.11 Å². The number of nitrogens with zero attached hydrogens (tertiary/aromatic N) is 1. The van der Waals surface area contributed by atoms with E-state index < -0.39 is 5.97 Å². The first-order valence-electron chi connectivity index (χ1n) is 4.30. The number of carboxylic acids is 1. The molecule has 0 aromatic rings. The lowest BCUT2D eigenvalue weighted by Crippen LogP contribution is -2.01. The normalized spacial score (nSPS) is 10.5. The van der Waals surface area contributed by atoms with Crippen LogP contribution in [0.5, 0.6) is 0 Å². The molecule has 2 heterocycles. The number of aldehydes is 1. The van der Waals surface area contributed by atoms with Gasteiger partial charge in [-0.2, -0.15) is 0 Å². The summed E-state index contributed by atoms with van der Waals surface area (Å²) in [4.78, 5) is 28.5.